The zero-order chi connectivity index (χ0) is 20.0. The molecular weight excluding hydrogens is 368 g/mol. The minimum Gasteiger partial charge on any atom is -0.457 e. The number of likely N-dealkylation sites (N-methyl/N-ethyl adjacent to an activating group) is 1. The first-order chi connectivity index (χ1) is 14.1. The number of carbonyl (C=O) groups is 2. The van der Waals surface area contributed by atoms with E-state index in [0.29, 0.717) is 19.5 Å². The molecule has 3 heterocycles. The lowest BCUT2D eigenvalue weighted by Crippen LogP contribution is -2.58. The molecule has 0 radical (unpaired) electrons. The molecule has 0 spiro atoms. The van der Waals surface area contributed by atoms with Crippen LogP contribution in [-0.4, -0.2) is 50.8 Å². The van der Waals surface area contributed by atoms with Crippen molar-refractivity contribution in [3.05, 3.63) is 72.3 Å². The van der Waals surface area contributed by atoms with Gasteiger partial charge in [0, 0.05) is 19.7 Å². The van der Waals surface area contributed by atoms with Crippen molar-refractivity contribution < 1.29 is 14.3 Å². The Balaban J connectivity index is 1.65. The number of fused-ring (bicyclic) bond motifs is 7. The molecule has 1 atom stereocenters. The van der Waals surface area contributed by atoms with Gasteiger partial charge >= 0.3 is 11.8 Å². The van der Waals surface area contributed by atoms with Gasteiger partial charge in [-0.1, -0.05) is 18.2 Å². The number of nitrogens with zero attached hydrogens (tertiary/aromatic N) is 4. The molecule has 2 aliphatic rings. The molecule has 0 aliphatic carbocycles. The average Bonchev–Trinajstić information content (AvgIpc) is 3.18. The van der Waals surface area contributed by atoms with Crippen LogP contribution in [0.1, 0.15) is 11.3 Å². The van der Waals surface area contributed by atoms with E-state index in [-0.39, 0.29) is 6.04 Å². The lowest BCUT2D eigenvalue weighted by atomic mass is 10.0. The molecule has 2 aliphatic heterocycles. The number of imidazole rings is 1. The van der Waals surface area contributed by atoms with Crippen molar-refractivity contribution in [2.45, 2.75) is 19.0 Å². The topological polar surface area (TPSA) is 67.7 Å². The summed E-state index contributed by atoms with van der Waals surface area (Å²) < 4.78 is 8.00. The van der Waals surface area contributed by atoms with Crippen LogP contribution in [0, 0.1) is 0 Å². The van der Waals surface area contributed by atoms with Crippen molar-refractivity contribution in [1.82, 2.24) is 19.4 Å². The standard InChI is InChI=1S/C22H20N4O3/c1-24-12-17-8-15-4-2-6-19(9-15)29-20-7-3-5-16(10-20)26-14-23-11-18(26)13-25(17)22(28)21(24)27/h2-7,9-11,14,17H,8,12-13H2,1H3. The summed E-state index contributed by atoms with van der Waals surface area (Å²) in [6.07, 6.45) is 4.08. The molecule has 0 saturated carbocycles. The van der Waals surface area contributed by atoms with Crippen LogP contribution in [-0.2, 0) is 22.6 Å². The first-order valence-corrected chi connectivity index (χ1v) is 9.53. The van der Waals surface area contributed by atoms with Gasteiger partial charge in [-0.3, -0.25) is 9.59 Å². The van der Waals surface area contributed by atoms with Gasteiger partial charge in [-0.15, -0.1) is 0 Å². The number of amides is 2. The number of benzene rings is 2. The number of piperazine rings is 1. The van der Waals surface area contributed by atoms with E-state index < -0.39 is 11.8 Å². The first kappa shape index (κ1) is 17.5. The number of hydrogen-bond acceptors (Lipinski definition) is 4. The van der Waals surface area contributed by atoms with E-state index >= 15 is 0 Å². The molecule has 1 fully saturated rings. The summed E-state index contributed by atoms with van der Waals surface area (Å²) in [7, 11) is 1.67. The Bertz CT molecular complexity index is 1110. The van der Waals surface area contributed by atoms with E-state index in [1.165, 1.54) is 4.90 Å². The normalized spacial score (nSPS) is 18.7. The summed E-state index contributed by atoms with van der Waals surface area (Å²) >= 11 is 0. The van der Waals surface area contributed by atoms with Crippen LogP contribution in [0.3, 0.4) is 0 Å². The van der Waals surface area contributed by atoms with Crippen LogP contribution in [0.4, 0.5) is 0 Å². The highest BCUT2D eigenvalue weighted by Gasteiger charge is 2.38. The summed E-state index contributed by atoms with van der Waals surface area (Å²) in [4.78, 5) is 32.7. The highest BCUT2D eigenvalue weighted by molar-refractivity contribution is 6.35. The quantitative estimate of drug-likeness (QED) is 0.555. The molecule has 146 valence electrons. The molecule has 5 rings (SSSR count). The zero-order valence-electron chi connectivity index (χ0n) is 16.0. The first-order valence-electron chi connectivity index (χ1n) is 9.53. The van der Waals surface area contributed by atoms with Crippen molar-refractivity contribution in [2.24, 2.45) is 0 Å². The molecule has 4 bridgehead atoms. The van der Waals surface area contributed by atoms with Crippen molar-refractivity contribution in [1.29, 1.82) is 0 Å². The maximum atomic E-state index is 12.9. The molecule has 7 nitrogen and oxygen atoms in total. The van der Waals surface area contributed by atoms with Crippen LogP contribution in [0.5, 0.6) is 11.5 Å². The fourth-order valence-electron chi connectivity index (χ4n) is 4.01. The van der Waals surface area contributed by atoms with E-state index in [0.717, 1.165) is 28.4 Å². The number of rotatable bonds is 0. The third kappa shape index (κ3) is 3.14. The Morgan fingerprint density at radius 3 is 2.69 bits per heavy atom. The van der Waals surface area contributed by atoms with Crippen LogP contribution in [0.25, 0.3) is 5.69 Å². The molecule has 0 N–H and O–H groups in total. The van der Waals surface area contributed by atoms with Crippen molar-refractivity contribution in [3.8, 4) is 17.2 Å². The van der Waals surface area contributed by atoms with Crippen molar-refractivity contribution in [3.63, 3.8) is 0 Å². The highest BCUT2D eigenvalue weighted by atomic mass is 16.5. The Hall–Kier alpha value is -3.61. The van der Waals surface area contributed by atoms with Gasteiger partial charge in [-0.2, -0.15) is 0 Å². The Morgan fingerprint density at radius 1 is 1.03 bits per heavy atom. The van der Waals surface area contributed by atoms with E-state index in [4.69, 9.17) is 4.74 Å². The third-order valence-electron chi connectivity index (χ3n) is 5.46. The van der Waals surface area contributed by atoms with Gasteiger partial charge in [-0.25, -0.2) is 4.98 Å². The number of ether oxygens (including phenoxy) is 1. The second kappa shape index (κ2) is 6.77. The molecule has 3 aromatic rings. The van der Waals surface area contributed by atoms with E-state index in [1.807, 2.05) is 53.1 Å². The Morgan fingerprint density at radius 2 is 1.83 bits per heavy atom. The van der Waals surface area contributed by atoms with Crippen LogP contribution < -0.4 is 4.74 Å². The zero-order valence-corrected chi connectivity index (χ0v) is 16.0. The van der Waals surface area contributed by atoms with Gasteiger partial charge in [0.2, 0.25) is 0 Å². The lowest BCUT2D eigenvalue weighted by molar-refractivity contribution is -0.158. The predicted molar refractivity (Wildman–Crippen MR) is 106 cm³/mol. The van der Waals surface area contributed by atoms with Gasteiger partial charge in [0.15, 0.2) is 0 Å². The largest absolute Gasteiger partial charge is 0.457 e. The van der Waals surface area contributed by atoms with Gasteiger partial charge < -0.3 is 19.1 Å². The molecule has 1 unspecified atom stereocenters. The second-order valence-electron chi connectivity index (χ2n) is 7.48. The van der Waals surface area contributed by atoms with E-state index in [2.05, 4.69) is 4.98 Å². The summed E-state index contributed by atoms with van der Waals surface area (Å²) in [5.74, 6) is 0.508. The molecule has 1 aromatic heterocycles. The summed E-state index contributed by atoms with van der Waals surface area (Å²) in [5, 5.41) is 0. The third-order valence-corrected chi connectivity index (χ3v) is 5.46. The number of carbonyl (C=O) groups excluding carboxylic acids is 2. The molecule has 2 aromatic carbocycles. The Kier molecular flexibility index (Phi) is 4.08. The monoisotopic (exact) mass is 388 g/mol. The molecule has 7 heteroatoms. The van der Waals surface area contributed by atoms with Crippen LogP contribution >= 0.6 is 0 Å². The minimum absolute atomic E-state index is 0.132. The SMILES string of the molecule is CN1CC2Cc3cccc(c3)Oc3cccc(c3)-n3cncc3CN2C(=O)C1=O. The fourth-order valence-corrected chi connectivity index (χ4v) is 4.01. The molecule has 2 amide bonds. The molecular formula is C22H20N4O3. The van der Waals surface area contributed by atoms with Gasteiger partial charge in [0.25, 0.3) is 0 Å². The Labute approximate surface area is 168 Å². The highest BCUT2D eigenvalue weighted by Crippen LogP contribution is 2.28. The van der Waals surface area contributed by atoms with E-state index in [1.54, 1.807) is 24.5 Å². The summed E-state index contributed by atoms with van der Waals surface area (Å²) in [5.41, 5.74) is 2.77. The molecule has 1 saturated heterocycles. The fraction of sp³-hybridized carbons (Fsp3) is 0.227. The number of aromatic nitrogens is 2. The maximum Gasteiger partial charge on any atom is 0.312 e. The van der Waals surface area contributed by atoms with Gasteiger partial charge in [0.1, 0.15) is 11.5 Å². The maximum absolute atomic E-state index is 12.9. The lowest BCUT2D eigenvalue weighted by Gasteiger charge is -2.39. The smallest absolute Gasteiger partial charge is 0.312 e. The van der Waals surface area contributed by atoms with Crippen LogP contribution in [0.15, 0.2) is 61.1 Å². The summed E-state index contributed by atoms with van der Waals surface area (Å²) in [6.45, 7) is 0.797. The van der Waals surface area contributed by atoms with Crippen molar-refractivity contribution in [2.75, 3.05) is 13.6 Å². The van der Waals surface area contributed by atoms with Crippen LogP contribution in [0.2, 0.25) is 0 Å². The molecule has 29 heavy (non-hydrogen) atoms. The van der Waals surface area contributed by atoms with Gasteiger partial charge in [-0.05, 0) is 36.2 Å². The predicted octanol–water partition coefficient (Wildman–Crippen LogP) is 2.39. The average molecular weight is 388 g/mol. The minimum atomic E-state index is -0.479. The van der Waals surface area contributed by atoms with Gasteiger partial charge in [0.05, 0.1) is 36.5 Å². The summed E-state index contributed by atoms with van der Waals surface area (Å²) in [6, 6.07) is 15.5. The number of hydrogen-bond donors (Lipinski definition) is 0. The van der Waals surface area contributed by atoms with E-state index in [9.17, 15) is 9.59 Å². The van der Waals surface area contributed by atoms with Crippen molar-refractivity contribution >= 4 is 11.8 Å². The second-order valence-corrected chi connectivity index (χ2v) is 7.48.